The van der Waals surface area contributed by atoms with Crippen LogP contribution in [0.25, 0.3) is 0 Å². The molecular formula is C15H14ClNO3. The van der Waals surface area contributed by atoms with Gasteiger partial charge in [-0.1, -0.05) is 29.8 Å². The number of hydrogen-bond donors (Lipinski definition) is 1. The van der Waals surface area contributed by atoms with Gasteiger partial charge in [0.05, 0.1) is 5.56 Å². The summed E-state index contributed by atoms with van der Waals surface area (Å²) in [4.78, 5) is 11.2. The van der Waals surface area contributed by atoms with E-state index in [9.17, 15) is 4.79 Å². The van der Waals surface area contributed by atoms with Gasteiger partial charge in [-0.05, 0) is 30.3 Å². The molecule has 2 N–H and O–H groups in total. The Morgan fingerprint density at radius 3 is 2.55 bits per heavy atom. The van der Waals surface area contributed by atoms with Gasteiger partial charge in [-0.25, -0.2) is 0 Å². The molecule has 0 aliphatic carbocycles. The second-order valence-corrected chi connectivity index (χ2v) is 4.45. The number of hydrogen-bond acceptors (Lipinski definition) is 3. The van der Waals surface area contributed by atoms with Gasteiger partial charge in [-0.15, -0.1) is 0 Å². The maximum Gasteiger partial charge on any atom is 0.252 e. The molecule has 0 fully saturated rings. The molecule has 1 amide bonds. The predicted molar refractivity (Wildman–Crippen MR) is 77.4 cm³/mol. The van der Waals surface area contributed by atoms with E-state index in [1.807, 2.05) is 6.07 Å². The number of primary amides is 1. The number of amides is 1. The van der Waals surface area contributed by atoms with Crippen LogP contribution in [0.1, 0.15) is 10.4 Å². The maximum atomic E-state index is 11.2. The van der Waals surface area contributed by atoms with Crippen LogP contribution in [0.5, 0.6) is 11.5 Å². The minimum Gasteiger partial charge on any atom is -0.490 e. The summed E-state index contributed by atoms with van der Waals surface area (Å²) < 4.78 is 11.0. The first kappa shape index (κ1) is 14.2. The molecule has 0 heterocycles. The fourth-order valence-electron chi connectivity index (χ4n) is 1.66. The minimum atomic E-state index is -0.517. The van der Waals surface area contributed by atoms with E-state index >= 15 is 0 Å². The molecule has 4 nitrogen and oxygen atoms in total. The Morgan fingerprint density at radius 2 is 1.80 bits per heavy atom. The molecule has 0 radical (unpaired) electrons. The number of benzene rings is 2. The Kier molecular flexibility index (Phi) is 4.85. The van der Waals surface area contributed by atoms with Crippen LogP contribution in [0.15, 0.2) is 48.5 Å². The van der Waals surface area contributed by atoms with Crippen molar-refractivity contribution in [1.29, 1.82) is 0 Å². The highest BCUT2D eigenvalue weighted by Crippen LogP contribution is 2.18. The zero-order chi connectivity index (χ0) is 14.4. The Bertz CT molecular complexity index is 601. The second kappa shape index (κ2) is 6.82. The van der Waals surface area contributed by atoms with Gasteiger partial charge in [0, 0.05) is 5.02 Å². The van der Waals surface area contributed by atoms with E-state index in [-0.39, 0.29) is 0 Å². The number of halogens is 1. The highest BCUT2D eigenvalue weighted by molar-refractivity contribution is 6.30. The van der Waals surface area contributed by atoms with Gasteiger partial charge in [-0.3, -0.25) is 4.79 Å². The van der Waals surface area contributed by atoms with Gasteiger partial charge >= 0.3 is 0 Å². The summed E-state index contributed by atoms with van der Waals surface area (Å²) in [6.45, 7) is 0.643. The second-order valence-electron chi connectivity index (χ2n) is 4.01. The van der Waals surface area contributed by atoms with Crippen LogP contribution in [0.2, 0.25) is 5.02 Å². The predicted octanol–water partition coefficient (Wildman–Crippen LogP) is 2.90. The van der Waals surface area contributed by atoms with Gasteiger partial charge in [0.2, 0.25) is 0 Å². The summed E-state index contributed by atoms with van der Waals surface area (Å²) in [5.41, 5.74) is 5.62. The average Bonchev–Trinajstić information content (AvgIpc) is 2.44. The van der Waals surface area contributed by atoms with Crippen molar-refractivity contribution in [3.8, 4) is 11.5 Å². The normalized spacial score (nSPS) is 10.1. The van der Waals surface area contributed by atoms with Crippen molar-refractivity contribution in [3.63, 3.8) is 0 Å². The zero-order valence-corrected chi connectivity index (χ0v) is 11.5. The zero-order valence-electron chi connectivity index (χ0n) is 10.7. The molecule has 0 saturated heterocycles. The van der Waals surface area contributed by atoms with E-state index < -0.39 is 5.91 Å². The van der Waals surface area contributed by atoms with E-state index in [0.29, 0.717) is 35.3 Å². The molecule has 0 atom stereocenters. The summed E-state index contributed by atoms with van der Waals surface area (Å²) >= 11 is 5.85. The van der Waals surface area contributed by atoms with E-state index in [1.165, 1.54) is 0 Å². The van der Waals surface area contributed by atoms with Gasteiger partial charge in [0.1, 0.15) is 24.7 Å². The quantitative estimate of drug-likeness (QED) is 0.833. The van der Waals surface area contributed by atoms with Crippen molar-refractivity contribution >= 4 is 17.5 Å². The summed E-state index contributed by atoms with van der Waals surface area (Å²) in [7, 11) is 0. The fraction of sp³-hybridized carbons (Fsp3) is 0.133. The molecule has 5 heteroatoms. The first-order chi connectivity index (χ1) is 9.66. The molecule has 0 bridgehead atoms. The molecule has 0 saturated carbocycles. The fourth-order valence-corrected chi connectivity index (χ4v) is 1.84. The van der Waals surface area contributed by atoms with Crippen LogP contribution in [0.4, 0.5) is 0 Å². The molecule has 104 valence electrons. The third-order valence-corrected chi connectivity index (χ3v) is 2.79. The van der Waals surface area contributed by atoms with E-state index in [1.54, 1.807) is 42.5 Å². The molecule has 2 aromatic carbocycles. The van der Waals surface area contributed by atoms with Crippen molar-refractivity contribution in [1.82, 2.24) is 0 Å². The molecule has 0 aromatic heterocycles. The van der Waals surface area contributed by atoms with Crippen molar-refractivity contribution in [2.45, 2.75) is 0 Å². The molecule has 2 rings (SSSR count). The minimum absolute atomic E-state index is 0.302. The Labute approximate surface area is 122 Å². The smallest absolute Gasteiger partial charge is 0.252 e. The lowest BCUT2D eigenvalue weighted by Gasteiger charge is -2.10. The molecule has 0 spiro atoms. The van der Waals surface area contributed by atoms with Crippen molar-refractivity contribution in [2.75, 3.05) is 13.2 Å². The number of ether oxygens (including phenoxy) is 2. The van der Waals surface area contributed by atoms with E-state index in [2.05, 4.69) is 0 Å². The van der Waals surface area contributed by atoms with Crippen LogP contribution >= 0.6 is 11.6 Å². The first-order valence-corrected chi connectivity index (χ1v) is 6.44. The maximum absolute atomic E-state index is 11.2. The molecule has 2 aromatic rings. The number of carbonyl (C=O) groups is 1. The largest absolute Gasteiger partial charge is 0.490 e. The highest BCUT2D eigenvalue weighted by atomic mass is 35.5. The molecule has 0 aliphatic rings. The first-order valence-electron chi connectivity index (χ1n) is 6.07. The lowest BCUT2D eigenvalue weighted by atomic mass is 10.2. The van der Waals surface area contributed by atoms with Crippen molar-refractivity contribution in [3.05, 3.63) is 59.1 Å². The summed E-state index contributed by atoms with van der Waals surface area (Å²) in [6, 6.07) is 13.9. The van der Waals surface area contributed by atoms with Crippen LogP contribution in [-0.2, 0) is 0 Å². The Hall–Kier alpha value is -2.20. The lowest BCUT2D eigenvalue weighted by Crippen LogP contribution is -2.15. The SMILES string of the molecule is NC(=O)c1ccccc1OCCOc1cccc(Cl)c1. The van der Waals surface area contributed by atoms with Gasteiger partial charge in [0.15, 0.2) is 0 Å². The summed E-state index contributed by atoms with van der Waals surface area (Å²) in [6.07, 6.45) is 0. The number of nitrogens with two attached hydrogens (primary N) is 1. The molecule has 0 unspecified atom stereocenters. The summed E-state index contributed by atoms with van der Waals surface area (Å²) in [5.74, 6) is 0.607. The van der Waals surface area contributed by atoms with Gasteiger partial charge < -0.3 is 15.2 Å². The van der Waals surface area contributed by atoms with Crippen LogP contribution in [-0.4, -0.2) is 19.1 Å². The Morgan fingerprint density at radius 1 is 1.05 bits per heavy atom. The van der Waals surface area contributed by atoms with E-state index in [4.69, 9.17) is 26.8 Å². The highest BCUT2D eigenvalue weighted by Gasteiger charge is 2.07. The Balaban J connectivity index is 1.86. The number of para-hydroxylation sites is 1. The standard InChI is InChI=1S/C15H14ClNO3/c16-11-4-3-5-12(10-11)19-8-9-20-14-7-2-1-6-13(14)15(17)18/h1-7,10H,8-9H2,(H2,17,18). The number of carbonyl (C=O) groups excluding carboxylic acids is 1. The molecular weight excluding hydrogens is 278 g/mol. The summed E-state index contributed by atoms with van der Waals surface area (Å²) in [5, 5.41) is 0.613. The third-order valence-electron chi connectivity index (χ3n) is 2.56. The molecule has 20 heavy (non-hydrogen) atoms. The van der Waals surface area contributed by atoms with Crippen molar-refractivity contribution < 1.29 is 14.3 Å². The van der Waals surface area contributed by atoms with Crippen LogP contribution in [0.3, 0.4) is 0 Å². The molecule has 0 aliphatic heterocycles. The lowest BCUT2D eigenvalue weighted by molar-refractivity contribution is 0.0995. The third kappa shape index (κ3) is 3.90. The van der Waals surface area contributed by atoms with Crippen LogP contribution < -0.4 is 15.2 Å². The van der Waals surface area contributed by atoms with Gasteiger partial charge in [0.25, 0.3) is 5.91 Å². The monoisotopic (exact) mass is 291 g/mol. The van der Waals surface area contributed by atoms with Gasteiger partial charge in [-0.2, -0.15) is 0 Å². The average molecular weight is 292 g/mol. The van der Waals surface area contributed by atoms with Crippen LogP contribution in [0, 0.1) is 0 Å². The van der Waals surface area contributed by atoms with Crippen molar-refractivity contribution in [2.24, 2.45) is 5.73 Å². The number of rotatable bonds is 6. The van der Waals surface area contributed by atoms with E-state index in [0.717, 1.165) is 0 Å². The topological polar surface area (TPSA) is 61.6 Å².